The fraction of sp³-hybridized carbons (Fsp3) is 1.00. The van der Waals surface area contributed by atoms with Gasteiger partial charge in [0.1, 0.15) is 0 Å². The van der Waals surface area contributed by atoms with Crippen LogP contribution in [0.2, 0.25) is 0 Å². The van der Waals surface area contributed by atoms with Gasteiger partial charge < -0.3 is 0 Å². The number of hydrogen-bond acceptors (Lipinski definition) is 0. The van der Waals surface area contributed by atoms with Gasteiger partial charge in [-0.3, -0.25) is 0 Å². The fourth-order valence-corrected chi connectivity index (χ4v) is 1.77. The quantitative estimate of drug-likeness (QED) is 0.533. The van der Waals surface area contributed by atoms with Crippen molar-refractivity contribution in [3.8, 4) is 0 Å². The smallest absolute Gasteiger partial charge is 0.0357 e. The normalized spacial score (nSPS) is 34.0. The molecule has 0 aromatic heterocycles. The van der Waals surface area contributed by atoms with E-state index in [1.165, 1.54) is 6.42 Å². The maximum absolute atomic E-state index is 2.34. The molecule has 1 rings (SSSR count). The Hall–Kier alpha value is 0. The van der Waals surface area contributed by atoms with Crippen LogP contribution in [-0.4, -0.2) is 0 Å². The van der Waals surface area contributed by atoms with Gasteiger partial charge in [0.15, 0.2) is 0 Å². The summed E-state index contributed by atoms with van der Waals surface area (Å²) in [7, 11) is 0. The van der Waals surface area contributed by atoms with Gasteiger partial charge >= 0.3 is 0 Å². The Morgan fingerprint density at radius 3 is 1.33 bits per heavy atom. The van der Waals surface area contributed by atoms with Gasteiger partial charge in [-0.2, -0.15) is 0 Å². The summed E-state index contributed by atoms with van der Waals surface area (Å²) in [6.07, 6.45) is 1.50. The predicted octanol–water partition coefficient (Wildman–Crippen LogP) is 2.93. The Morgan fingerprint density at radius 2 is 1.22 bits per heavy atom. The van der Waals surface area contributed by atoms with Crippen molar-refractivity contribution in [2.75, 3.05) is 0 Å². The lowest BCUT2D eigenvalue weighted by molar-refractivity contribution is 0.448. The maximum atomic E-state index is 2.34. The molecule has 0 nitrogen and oxygen atoms in total. The van der Waals surface area contributed by atoms with Gasteiger partial charge in [0, 0.05) is 0 Å². The molecular weight excluding hydrogens is 108 g/mol. The lowest BCUT2D eigenvalue weighted by Crippen LogP contribution is -1.97. The zero-order valence-corrected chi connectivity index (χ0v) is 7.02. The molecule has 1 unspecified atom stereocenters. The van der Waals surface area contributed by atoms with E-state index in [1.54, 1.807) is 0 Å². The summed E-state index contributed by atoms with van der Waals surface area (Å²) in [5.74, 6) is 3.98. The summed E-state index contributed by atoms with van der Waals surface area (Å²) in [6.45, 7) is 9.36. The second-order valence-corrected chi connectivity index (χ2v) is 4.05. The topological polar surface area (TPSA) is 0 Å². The van der Waals surface area contributed by atoms with Gasteiger partial charge in [0.05, 0.1) is 0 Å². The monoisotopic (exact) mass is 126 g/mol. The molecule has 0 saturated heterocycles. The molecule has 1 saturated carbocycles. The first kappa shape index (κ1) is 7.11. The third-order valence-electron chi connectivity index (χ3n) is 2.60. The van der Waals surface area contributed by atoms with Crippen LogP contribution in [0.5, 0.6) is 0 Å². The van der Waals surface area contributed by atoms with Gasteiger partial charge in [-0.05, 0) is 30.1 Å². The zero-order valence-electron chi connectivity index (χ0n) is 7.02. The summed E-state index contributed by atoms with van der Waals surface area (Å²) in [5, 5.41) is 0. The van der Waals surface area contributed by atoms with Crippen molar-refractivity contribution in [2.45, 2.75) is 34.1 Å². The predicted molar refractivity (Wildman–Crippen MR) is 41.3 cm³/mol. The minimum atomic E-state index is 0.928. The molecule has 0 bridgehead atoms. The van der Waals surface area contributed by atoms with E-state index in [-0.39, 0.29) is 0 Å². The Labute approximate surface area is 58.7 Å². The van der Waals surface area contributed by atoms with E-state index in [0.29, 0.717) is 0 Å². The molecule has 0 aromatic rings. The second kappa shape index (κ2) is 2.32. The van der Waals surface area contributed by atoms with Crippen molar-refractivity contribution >= 4 is 0 Å². The standard InChI is InChI=1S/C9H18/c1-6(2)8-5-9(8)7(3)4/h6-9H,5H2,1-4H3/t8-,9?/m0/s1. The van der Waals surface area contributed by atoms with Crippen molar-refractivity contribution in [3.05, 3.63) is 0 Å². The maximum Gasteiger partial charge on any atom is -0.0357 e. The average molecular weight is 126 g/mol. The zero-order chi connectivity index (χ0) is 7.02. The molecule has 0 heteroatoms. The highest BCUT2D eigenvalue weighted by molar-refractivity contribution is 4.89. The second-order valence-electron chi connectivity index (χ2n) is 4.05. The van der Waals surface area contributed by atoms with Crippen molar-refractivity contribution < 1.29 is 0 Å². The minimum Gasteiger partial charge on any atom is -0.0625 e. The summed E-state index contributed by atoms with van der Waals surface area (Å²) in [6, 6.07) is 0. The molecule has 2 atom stereocenters. The molecule has 0 heterocycles. The van der Waals surface area contributed by atoms with Crippen LogP contribution in [0, 0.1) is 23.7 Å². The average Bonchev–Trinajstić information content (AvgIpc) is 2.39. The molecule has 1 aliphatic carbocycles. The minimum absolute atomic E-state index is 0.928. The van der Waals surface area contributed by atoms with Crippen LogP contribution in [-0.2, 0) is 0 Å². The number of hydrogen-bond donors (Lipinski definition) is 0. The molecule has 0 amide bonds. The number of rotatable bonds is 2. The van der Waals surface area contributed by atoms with Crippen molar-refractivity contribution in [2.24, 2.45) is 23.7 Å². The van der Waals surface area contributed by atoms with E-state index in [4.69, 9.17) is 0 Å². The SMILES string of the molecule is CC(C)C1C[C@H]1C(C)C. The van der Waals surface area contributed by atoms with Crippen molar-refractivity contribution in [1.82, 2.24) is 0 Å². The first-order valence-electron chi connectivity index (χ1n) is 4.13. The third kappa shape index (κ3) is 1.47. The van der Waals surface area contributed by atoms with E-state index in [0.717, 1.165) is 23.7 Å². The Bertz CT molecular complexity index is 80.2. The largest absolute Gasteiger partial charge is 0.0625 e. The van der Waals surface area contributed by atoms with Gasteiger partial charge in [-0.25, -0.2) is 0 Å². The molecule has 0 N–H and O–H groups in total. The van der Waals surface area contributed by atoms with E-state index < -0.39 is 0 Å². The Balaban J connectivity index is 2.24. The van der Waals surface area contributed by atoms with Crippen LogP contribution in [0.1, 0.15) is 34.1 Å². The molecule has 0 aliphatic heterocycles. The summed E-state index contributed by atoms with van der Waals surface area (Å²) in [4.78, 5) is 0. The summed E-state index contributed by atoms with van der Waals surface area (Å²) in [5.41, 5.74) is 0. The van der Waals surface area contributed by atoms with Crippen LogP contribution >= 0.6 is 0 Å². The molecule has 1 aliphatic rings. The van der Waals surface area contributed by atoms with E-state index in [9.17, 15) is 0 Å². The van der Waals surface area contributed by atoms with Crippen molar-refractivity contribution in [1.29, 1.82) is 0 Å². The van der Waals surface area contributed by atoms with Crippen LogP contribution in [0.25, 0.3) is 0 Å². The lowest BCUT2D eigenvalue weighted by Gasteiger charge is -2.04. The van der Waals surface area contributed by atoms with Crippen LogP contribution in [0.3, 0.4) is 0 Å². The highest BCUT2D eigenvalue weighted by atomic mass is 14.5. The molecule has 9 heavy (non-hydrogen) atoms. The van der Waals surface area contributed by atoms with Gasteiger partial charge in [0.25, 0.3) is 0 Å². The van der Waals surface area contributed by atoms with Gasteiger partial charge in [-0.1, -0.05) is 27.7 Å². The van der Waals surface area contributed by atoms with Crippen LogP contribution in [0.4, 0.5) is 0 Å². The van der Waals surface area contributed by atoms with Crippen molar-refractivity contribution in [3.63, 3.8) is 0 Å². The van der Waals surface area contributed by atoms with E-state index in [1.807, 2.05) is 0 Å². The molecule has 0 radical (unpaired) electrons. The molecular formula is C9H18. The molecule has 0 aromatic carbocycles. The summed E-state index contributed by atoms with van der Waals surface area (Å²) >= 11 is 0. The highest BCUT2D eigenvalue weighted by Gasteiger charge is 2.40. The van der Waals surface area contributed by atoms with Crippen LogP contribution in [0.15, 0.2) is 0 Å². The first-order valence-corrected chi connectivity index (χ1v) is 4.13. The van der Waals surface area contributed by atoms with E-state index >= 15 is 0 Å². The fourth-order valence-electron chi connectivity index (χ4n) is 1.77. The third-order valence-corrected chi connectivity index (χ3v) is 2.60. The first-order chi connectivity index (χ1) is 4.13. The highest BCUT2D eigenvalue weighted by Crippen LogP contribution is 2.48. The lowest BCUT2D eigenvalue weighted by atomic mass is 10.0. The summed E-state index contributed by atoms with van der Waals surface area (Å²) < 4.78 is 0. The molecule has 0 spiro atoms. The Morgan fingerprint density at radius 1 is 0.889 bits per heavy atom. The molecule has 54 valence electrons. The molecule has 1 fully saturated rings. The van der Waals surface area contributed by atoms with Crippen LogP contribution < -0.4 is 0 Å². The van der Waals surface area contributed by atoms with E-state index in [2.05, 4.69) is 27.7 Å². The van der Waals surface area contributed by atoms with Gasteiger partial charge in [-0.15, -0.1) is 0 Å². The Kier molecular flexibility index (Phi) is 1.83. The van der Waals surface area contributed by atoms with Gasteiger partial charge in [0.2, 0.25) is 0 Å².